The third-order valence-electron chi connectivity index (χ3n) is 5.05. The molecule has 5 nitrogen and oxygen atoms in total. The zero-order valence-corrected chi connectivity index (χ0v) is 13.6. The van der Waals surface area contributed by atoms with Crippen molar-refractivity contribution in [3.05, 3.63) is 18.0 Å². The third-order valence-corrected chi connectivity index (χ3v) is 5.05. The summed E-state index contributed by atoms with van der Waals surface area (Å²) in [7, 11) is 1.84. The molecule has 1 unspecified atom stereocenters. The summed E-state index contributed by atoms with van der Waals surface area (Å²) in [6.45, 7) is 3.41. The van der Waals surface area contributed by atoms with Gasteiger partial charge in [0.15, 0.2) is 0 Å². The average Bonchev–Trinajstić information content (AvgIpc) is 2.95. The van der Waals surface area contributed by atoms with E-state index in [0.717, 1.165) is 18.9 Å². The number of nitrogens with zero attached hydrogens (tertiary/aromatic N) is 3. The molecule has 1 aliphatic carbocycles. The second-order valence-electron chi connectivity index (χ2n) is 6.98. The molecule has 1 aromatic heterocycles. The molecule has 22 heavy (non-hydrogen) atoms. The fourth-order valence-electron chi connectivity index (χ4n) is 3.88. The zero-order valence-electron chi connectivity index (χ0n) is 13.6. The number of carbonyl (C=O) groups is 1. The van der Waals surface area contributed by atoms with Gasteiger partial charge in [-0.3, -0.25) is 9.48 Å². The van der Waals surface area contributed by atoms with Gasteiger partial charge >= 0.3 is 0 Å². The number of hydrogen-bond acceptors (Lipinski definition) is 3. The first kappa shape index (κ1) is 15.5. The van der Waals surface area contributed by atoms with E-state index in [9.17, 15) is 4.79 Å². The van der Waals surface area contributed by atoms with E-state index in [1.807, 2.05) is 7.05 Å². The molecule has 1 amide bonds. The van der Waals surface area contributed by atoms with Gasteiger partial charge in [0.1, 0.15) is 0 Å². The Bertz CT molecular complexity index is 493. The highest BCUT2D eigenvalue weighted by Gasteiger charge is 2.24. The van der Waals surface area contributed by atoms with Crippen LogP contribution >= 0.6 is 0 Å². The maximum atomic E-state index is 12.2. The minimum absolute atomic E-state index is 0.0117. The molecule has 2 aliphatic rings. The van der Waals surface area contributed by atoms with Gasteiger partial charge < -0.3 is 10.2 Å². The highest BCUT2D eigenvalue weighted by atomic mass is 16.1. The Morgan fingerprint density at radius 1 is 1.27 bits per heavy atom. The molecule has 0 aromatic carbocycles. The van der Waals surface area contributed by atoms with Crippen LogP contribution in [0.4, 0.5) is 0 Å². The van der Waals surface area contributed by atoms with Crippen molar-refractivity contribution in [3.63, 3.8) is 0 Å². The van der Waals surface area contributed by atoms with Crippen LogP contribution in [0.15, 0.2) is 12.4 Å². The van der Waals surface area contributed by atoms with Crippen LogP contribution in [-0.2, 0) is 7.05 Å². The van der Waals surface area contributed by atoms with Gasteiger partial charge in [-0.2, -0.15) is 5.10 Å². The predicted molar refractivity (Wildman–Crippen MR) is 86.7 cm³/mol. The fraction of sp³-hybridized carbons (Fsp3) is 0.765. The first-order valence-electron chi connectivity index (χ1n) is 8.72. The number of aryl methyl sites for hydroxylation is 1. The van der Waals surface area contributed by atoms with E-state index >= 15 is 0 Å². The molecule has 1 saturated heterocycles. The smallest absolute Gasteiger partial charge is 0.254 e. The number of likely N-dealkylation sites (tertiary alicyclic amines) is 1. The quantitative estimate of drug-likeness (QED) is 0.928. The topological polar surface area (TPSA) is 50.2 Å². The number of aromatic nitrogens is 2. The minimum atomic E-state index is 0.0117. The molecular formula is C17H28N4O. The first-order valence-corrected chi connectivity index (χ1v) is 8.72. The molecule has 0 spiro atoms. The molecule has 2 fully saturated rings. The second kappa shape index (κ2) is 7.27. The number of hydrogen-bond donors (Lipinski definition) is 1. The number of rotatable bonds is 4. The second-order valence-corrected chi connectivity index (χ2v) is 6.98. The summed E-state index contributed by atoms with van der Waals surface area (Å²) in [5.74, 6) is 0.888. The van der Waals surface area contributed by atoms with Crippen LogP contribution in [0.25, 0.3) is 0 Å². The maximum Gasteiger partial charge on any atom is 0.254 e. The van der Waals surface area contributed by atoms with Crippen molar-refractivity contribution in [1.82, 2.24) is 20.0 Å². The number of amides is 1. The molecule has 1 atom stereocenters. The van der Waals surface area contributed by atoms with Crippen molar-refractivity contribution in [1.29, 1.82) is 0 Å². The molecule has 0 bridgehead atoms. The standard InChI is InChI=1S/C17H28N4O/c1-20-12-15(10-18-20)17(22)19-16-8-5-9-21(13-16)11-14-6-3-2-4-7-14/h10,12,14,16H,2-9,11,13H2,1H3,(H,19,22). The van der Waals surface area contributed by atoms with Crippen molar-refractivity contribution in [2.24, 2.45) is 13.0 Å². The van der Waals surface area contributed by atoms with Gasteiger partial charge in [0.05, 0.1) is 11.8 Å². The summed E-state index contributed by atoms with van der Waals surface area (Å²) in [6, 6.07) is 0.282. The molecule has 1 aliphatic heterocycles. The first-order chi connectivity index (χ1) is 10.7. The molecule has 1 aromatic rings. The number of piperidine rings is 1. The predicted octanol–water partition coefficient (Wildman–Crippen LogP) is 2.19. The van der Waals surface area contributed by atoms with Crippen molar-refractivity contribution in [2.45, 2.75) is 51.0 Å². The van der Waals surface area contributed by atoms with Gasteiger partial charge in [0.25, 0.3) is 5.91 Å². The highest BCUT2D eigenvalue weighted by Crippen LogP contribution is 2.25. The Balaban J connectivity index is 1.48. The fourth-order valence-corrected chi connectivity index (χ4v) is 3.88. The Morgan fingerprint density at radius 2 is 2.09 bits per heavy atom. The number of carbonyl (C=O) groups excluding carboxylic acids is 1. The summed E-state index contributed by atoms with van der Waals surface area (Å²) < 4.78 is 1.67. The van der Waals surface area contributed by atoms with Gasteiger partial charge in [-0.15, -0.1) is 0 Å². The van der Waals surface area contributed by atoms with Crippen molar-refractivity contribution >= 4 is 5.91 Å². The largest absolute Gasteiger partial charge is 0.348 e. The summed E-state index contributed by atoms with van der Waals surface area (Å²) in [5.41, 5.74) is 0.659. The Labute approximate surface area is 133 Å². The summed E-state index contributed by atoms with van der Waals surface area (Å²) in [6.07, 6.45) is 12.7. The van der Waals surface area contributed by atoms with Gasteiger partial charge in [0, 0.05) is 32.4 Å². The lowest BCUT2D eigenvalue weighted by molar-refractivity contribution is 0.0890. The highest BCUT2D eigenvalue weighted by molar-refractivity contribution is 5.93. The summed E-state index contributed by atoms with van der Waals surface area (Å²) >= 11 is 0. The molecule has 3 rings (SSSR count). The van der Waals surface area contributed by atoms with E-state index in [2.05, 4.69) is 15.3 Å². The van der Waals surface area contributed by atoms with E-state index < -0.39 is 0 Å². The lowest BCUT2D eigenvalue weighted by Gasteiger charge is -2.36. The summed E-state index contributed by atoms with van der Waals surface area (Å²) in [5, 5.41) is 7.25. The third kappa shape index (κ3) is 4.09. The van der Waals surface area contributed by atoms with Crippen LogP contribution in [0.3, 0.4) is 0 Å². The molecule has 2 heterocycles. The average molecular weight is 304 g/mol. The van der Waals surface area contributed by atoms with Gasteiger partial charge in [0.2, 0.25) is 0 Å². The SMILES string of the molecule is Cn1cc(C(=O)NC2CCCN(CC3CCCCC3)C2)cn1. The van der Waals surface area contributed by atoms with Crippen LogP contribution in [0.5, 0.6) is 0 Å². The molecular weight excluding hydrogens is 276 g/mol. The molecule has 0 radical (unpaired) electrons. The van der Waals surface area contributed by atoms with Crippen molar-refractivity contribution < 1.29 is 4.79 Å². The van der Waals surface area contributed by atoms with Crippen LogP contribution in [0, 0.1) is 5.92 Å². The van der Waals surface area contributed by atoms with Gasteiger partial charge in [-0.25, -0.2) is 0 Å². The minimum Gasteiger partial charge on any atom is -0.348 e. The van der Waals surface area contributed by atoms with E-state index in [4.69, 9.17) is 0 Å². The maximum absolute atomic E-state index is 12.2. The Hall–Kier alpha value is -1.36. The van der Waals surface area contributed by atoms with E-state index in [1.54, 1.807) is 17.1 Å². The lowest BCUT2D eigenvalue weighted by atomic mass is 9.88. The van der Waals surface area contributed by atoms with E-state index in [1.165, 1.54) is 51.6 Å². The molecule has 1 saturated carbocycles. The molecule has 5 heteroatoms. The normalized spacial score (nSPS) is 24.3. The van der Waals surface area contributed by atoms with Crippen LogP contribution in [0.1, 0.15) is 55.3 Å². The van der Waals surface area contributed by atoms with Crippen molar-refractivity contribution in [2.75, 3.05) is 19.6 Å². The van der Waals surface area contributed by atoms with Crippen molar-refractivity contribution in [3.8, 4) is 0 Å². The lowest BCUT2D eigenvalue weighted by Crippen LogP contribution is -2.48. The molecule has 1 N–H and O–H groups in total. The van der Waals surface area contributed by atoms with Gasteiger partial charge in [-0.05, 0) is 38.1 Å². The zero-order chi connectivity index (χ0) is 15.4. The van der Waals surface area contributed by atoms with E-state index in [0.29, 0.717) is 5.56 Å². The monoisotopic (exact) mass is 304 g/mol. The van der Waals surface area contributed by atoms with Crippen LogP contribution in [-0.4, -0.2) is 46.3 Å². The Morgan fingerprint density at radius 3 is 2.82 bits per heavy atom. The van der Waals surface area contributed by atoms with Crippen LogP contribution < -0.4 is 5.32 Å². The molecule has 122 valence electrons. The van der Waals surface area contributed by atoms with Gasteiger partial charge in [-0.1, -0.05) is 19.3 Å². The van der Waals surface area contributed by atoms with Crippen LogP contribution in [0.2, 0.25) is 0 Å². The number of nitrogens with one attached hydrogen (secondary N) is 1. The van der Waals surface area contributed by atoms with E-state index in [-0.39, 0.29) is 11.9 Å². The summed E-state index contributed by atoms with van der Waals surface area (Å²) in [4.78, 5) is 14.8. The Kier molecular flexibility index (Phi) is 5.13.